The van der Waals surface area contributed by atoms with Crippen LogP contribution in [0, 0.1) is 0 Å². The quantitative estimate of drug-likeness (QED) is 0.766. The van der Waals surface area contributed by atoms with Crippen molar-refractivity contribution in [2.45, 2.75) is 39.2 Å². The minimum Gasteiger partial charge on any atom is -0.493 e. The van der Waals surface area contributed by atoms with Crippen molar-refractivity contribution in [3.63, 3.8) is 0 Å². The second-order valence-electron chi connectivity index (χ2n) is 8.14. The van der Waals surface area contributed by atoms with Gasteiger partial charge in [-0.3, -0.25) is 14.5 Å². The number of carbonyl (C=O) groups excluding carboxylic acids is 2. The highest BCUT2D eigenvalue weighted by Gasteiger charge is 2.23. The molecule has 0 saturated carbocycles. The lowest BCUT2D eigenvalue weighted by molar-refractivity contribution is -0.133. The Morgan fingerprint density at radius 2 is 1.68 bits per heavy atom. The van der Waals surface area contributed by atoms with Crippen LogP contribution in [0.4, 0.5) is 0 Å². The molecule has 0 spiro atoms. The number of ether oxygens (including phenoxy) is 2. The summed E-state index contributed by atoms with van der Waals surface area (Å²) in [5.74, 6) is 1.54. The van der Waals surface area contributed by atoms with Crippen molar-refractivity contribution in [2.75, 3.05) is 46.9 Å². The third kappa shape index (κ3) is 6.71. The highest BCUT2D eigenvalue weighted by Crippen LogP contribution is 2.28. The van der Waals surface area contributed by atoms with E-state index in [2.05, 4.69) is 10.2 Å². The highest BCUT2D eigenvalue weighted by molar-refractivity contribution is 5.79. The average Bonchev–Trinajstić information content (AvgIpc) is 2.64. The van der Waals surface area contributed by atoms with Gasteiger partial charge >= 0.3 is 0 Å². The fraction of sp³-hybridized carbons (Fsp3) is 0.619. The molecule has 1 aliphatic rings. The molecular formula is C21H33N3O4. The molecule has 1 saturated heterocycles. The lowest BCUT2D eigenvalue weighted by Gasteiger charge is -2.35. The fourth-order valence-corrected chi connectivity index (χ4v) is 3.26. The Morgan fingerprint density at radius 1 is 1.04 bits per heavy atom. The number of hydrogen-bond donors (Lipinski definition) is 1. The molecule has 0 atom stereocenters. The molecule has 0 aromatic heterocycles. The SMILES string of the molecule is COc1ccc(CCC(=O)N2CCN(CC(=O)NC(C)(C)C)CC2)cc1OC. The molecule has 0 bridgehead atoms. The summed E-state index contributed by atoms with van der Waals surface area (Å²) in [6, 6.07) is 5.73. The molecule has 156 valence electrons. The summed E-state index contributed by atoms with van der Waals surface area (Å²) in [4.78, 5) is 28.6. The Kier molecular flexibility index (Phi) is 7.69. The van der Waals surface area contributed by atoms with Crippen molar-refractivity contribution >= 4 is 11.8 Å². The van der Waals surface area contributed by atoms with E-state index < -0.39 is 0 Å². The van der Waals surface area contributed by atoms with Gasteiger partial charge in [-0.15, -0.1) is 0 Å². The summed E-state index contributed by atoms with van der Waals surface area (Å²) in [5, 5.41) is 2.98. The predicted molar refractivity (Wildman–Crippen MR) is 109 cm³/mol. The van der Waals surface area contributed by atoms with E-state index in [0.29, 0.717) is 44.0 Å². The normalized spacial score (nSPS) is 15.2. The number of amides is 2. The summed E-state index contributed by atoms with van der Waals surface area (Å²) in [7, 11) is 3.21. The molecule has 0 radical (unpaired) electrons. The minimum absolute atomic E-state index is 0.0285. The molecule has 7 heteroatoms. The Morgan fingerprint density at radius 3 is 2.25 bits per heavy atom. The Hall–Kier alpha value is -2.28. The summed E-state index contributed by atoms with van der Waals surface area (Å²) >= 11 is 0. The molecule has 1 heterocycles. The molecule has 1 aliphatic heterocycles. The van der Waals surface area contributed by atoms with E-state index in [1.807, 2.05) is 43.9 Å². The van der Waals surface area contributed by atoms with Crippen molar-refractivity contribution < 1.29 is 19.1 Å². The van der Waals surface area contributed by atoms with Crippen LogP contribution >= 0.6 is 0 Å². The largest absolute Gasteiger partial charge is 0.493 e. The van der Waals surface area contributed by atoms with E-state index in [9.17, 15) is 9.59 Å². The molecule has 1 aromatic rings. The highest BCUT2D eigenvalue weighted by atomic mass is 16.5. The fourth-order valence-electron chi connectivity index (χ4n) is 3.26. The standard InChI is InChI=1S/C21H33N3O4/c1-21(2,3)22-19(25)15-23-10-12-24(13-11-23)20(26)9-7-16-6-8-17(27-4)18(14-16)28-5/h6,8,14H,7,9-13,15H2,1-5H3,(H,22,25). The molecule has 2 amide bonds. The lowest BCUT2D eigenvalue weighted by Crippen LogP contribution is -2.52. The third-order valence-electron chi connectivity index (χ3n) is 4.68. The minimum atomic E-state index is -0.223. The van der Waals surface area contributed by atoms with Crippen LogP contribution in [0.2, 0.25) is 0 Å². The first-order valence-corrected chi connectivity index (χ1v) is 9.74. The molecule has 28 heavy (non-hydrogen) atoms. The topological polar surface area (TPSA) is 71.1 Å². The third-order valence-corrected chi connectivity index (χ3v) is 4.68. The van der Waals surface area contributed by atoms with Gasteiger partial charge in [0, 0.05) is 38.1 Å². The number of nitrogens with one attached hydrogen (secondary N) is 1. The molecule has 2 rings (SSSR count). The Labute approximate surface area is 168 Å². The first kappa shape index (κ1) is 22.0. The zero-order valence-electron chi connectivity index (χ0n) is 17.7. The molecule has 0 unspecified atom stereocenters. The first-order chi connectivity index (χ1) is 13.2. The van der Waals surface area contributed by atoms with Gasteiger partial charge in [-0.1, -0.05) is 6.07 Å². The van der Waals surface area contributed by atoms with Gasteiger partial charge in [-0.25, -0.2) is 0 Å². The van der Waals surface area contributed by atoms with E-state index in [0.717, 1.165) is 18.7 Å². The number of carbonyl (C=O) groups is 2. The van der Waals surface area contributed by atoms with Gasteiger partial charge in [0.05, 0.1) is 20.8 Å². The lowest BCUT2D eigenvalue weighted by atomic mass is 10.1. The second-order valence-corrected chi connectivity index (χ2v) is 8.14. The molecule has 1 N–H and O–H groups in total. The first-order valence-electron chi connectivity index (χ1n) is 9.74. The van der Waals surface area contributed by atoms with Crippen molar-refractivity contribution in [2.24, 2.45) is 0 Å². The van der Waals surface area contributed by atoms with Crippen LogP contribution in [-0.2, 0) is 16.0 Å². The zero-order valence-corrected chi connectivity index (χ0v) is 17.7. The predicted octanol–water partition coefficient (Wildman–Crippen LogP) is 1.70. The van der Waals surface area contributed by atoms with E-state index in [1.54, 1.807) is 14.2 Å². The van der Waals surface area contributed by atoms with Gasteiger partial charge in [-0.05, 0) is 44.9 Å². The maximum absolute atomic E-state index is 12.5. The van der Waals surface area contributed by atoms with Gasteiger partial charge in [0.25, 0.3) is 0 Å². The number of hydrogen-bond acceptors (Lipinski definition) is 5. The van der Waals surface area contributed by atoms with Crippen LogP contribution < -0.4 is 14.8 Å². The summed E-state index contributed by atoms with van der Waals surface area (Å²) in [6.07, 6.45) is 1.12. The average molecular weight is 392 g/mol. The van der Waals surface area contributed by atoms with E-state index in [4.69, 9.17) is 9.47 Å². The second kappa shape index (κ2) is 9.78. The van der Waals surface area contributed by atoms with Crippen LogP contribution in [-0.4, -0.2) is 74.1 Å². The molecule has 7 nitrogen and oxygen atoms in total. The van der Waals surface area contributed by atoms with Gasteiger partial charge < -0.3 is 19.7 Å². The number of nitrogens with zero attached hydrogens (tertiary/aromatic N) is 2. The molecule has 0 aliphatic carbocycles. The summed E-state index contributed by atoms with van der Waals surface area (Å²) < 4.78 is 10.6. The van der Waals surface area contributed by atoms with Crippen LogP contribution in [0.5, 0.6) is 11.5 Å². The zero-order chi connectivity index (χ0) is 20.7. The van der Waals surface area contributed by atoms with E-state index in [1.165, 1.54) is 0 Å². The van der Waals surface area contributed by atoms with Gasteiger partial charge in [0.15, 0.2) is 11.5 Å². The van der Waals surface area contributed by atoms with Crippen LogP contribution in [0.1, 0.15) is 32.8 Å². The van der Waals surface area contributed by atoms with Crippen molar-refractivity contribution in [3.8, 4) is 11.5 Å². The Balaban J connectivity index is 1.77. The summed E-state index contributed by atoms with van der Waals surface area (Å²) in [5.41, 5.74) is 0.822. The molecule has 1 aromatic carbocycles. The maximum atomic E-state index is 12.5. The van der Waals surface area contributed by atoms with Crippen LogP contribution in [0.3, 0.4) is 0 Å². The van der Waals surface area contributed by atoms with Crippen molar-refractivity contribution in [1.82, 2.24) is 15.1 Å². The van der Waals surface area contributed by atoms with Crippen LogP contribution in [0.25, 0.3) is 0 Å². The summed E-state index contributed by atoms with van der Waals surface area (Å²) in [6.45, 7) is 9.06. The number of aryl methyl sites for hydroxylation is 1. The van der Waals surface area contributed by atoms with Crippen molar-refractivity contribution in [3.05, 3.63) is 23.8 Å². The van der Waals surface area contributed by atoms with Gasteiger partial charge in [0.1, 0.15) is 0 Å². The monoisotopic (exact) mass is 391 g/mol. The van der Waals surface area contributed by atoms with E-state index >= 15 is 0 Å². The van der Waals surface area contributed by atoms with Crippen molar-refractivity contribution in [1.29, 1.82) is 0 Å². The van der Waals surface area contributed by atoms with Gasteiger partial charge in [0.2, 0.25) is 11.8 Å². The number of benzene rings is 1. The smallest absolute Gasteiger partial charge is 0.234 e. The van der Waals surface area contributed by atoms with E-state index in [-0.39, 0.29) is 17.4 Å². The van der Waals surface area contributed by atoms with Crippen LogP contribution in [0.15, 0.2) is 18.2 Å². The number of rotatable bonds is 7. The van der Waals surface area contributed by atoms with Gasteiger partial charge in [-0.2, -0.15) is 0 Å². The maximum Gasteiger partial charge on any atom is 0.234 e. The molecular weight excluding hydrogens is 358 g/mol. The number of piperazine rings is 1. The molecule has 1 fully saturated rings. The number of methoxy groups -OCH3 is 2. The Bertz CT molecular complexity index is 677.